The zero-order valence-corrected chi connectivity index (χ0v) is 11.5. The van der Waals surface area contributed by atoms with Crippen LogP contribution in [-0.4, -0.2) is 19.0 Å². The Morgan fingerprint density at radius 1 is 1.23 bits per heavy atom. The van der Waals surface area contributed by atoms with Crippen molar-refractivity contribution < 1.29 is 42.5 Å². The maximum absolute atomic E-state index is 10.2. The summed E-state index contributed by atoms with van der Waals surface area (Å²) in [6, 6.07) is -0.255. The van der Waals surface area contributed by atoms with E-state index in [0.29, 0.717) is 12.3 Å². The maximum Gasteiger partial charge on any atom is 1.00 e. The van der Waals surface area contributed by atoms with Crippen molar-refractivity contribution in [3.63, 3.8) is 0 Å². The molecule has 0 rings (SSSR count). The van der Waals surface area contributed by atoms with Gasteiger partial charge in [-0.25, -0.2) is 13.1 Å². The van der Waals surface area contributed by atoms with Crippen LogP contribution in [0.15, 0.2) is 0 Å². The molecule has 74 valence electrons. The standard InChI is InChI=1S/C7H17NO3S.Na/c1-6(2)4-5-7(3)8-12(9,10)11;/h6-8H,4-5H2,1-3H3,(H,9,10,11);/q;+1/p-1. The molecule has 1 N–H and O–H groups in total. The van der Waals surface area contributed by atoms with Crippen LogP contribution >= 0.6 is 0 Å². The van der Waals surface area contributed by atoms with Gasteiger partial charge in [0.15, 0.2) is 10.3 Å². The van der Waals surface area contributed by atoms with E-state index in [4.69, 9.17) is 0 Å². The minimum Gasteiger partial charge on any atom is -0.735 e. The van der Waals surface area contributed by atoms with Crippen LogP contribution in [0.3, 0.4) is 0 Å². The molecule has 0 fully saturated rings. The summed E-state index contributed by atoms with van der Waals surface area (Å²) in [6.07, 6.45) is 1.63. The second-order valence-electron chi connectivity index (χ2n) is 3.44. The van der Waals surface area contributed by atoms with E-state index in [9.17, 15) is 13.0 Å². The van der Waals surface area contributed by atoms with Crippen molar-refractivity contribution in [1.29, 1.82) is 0 Å². The van der Waals surface area contributed by atoms with Crippen LogP contribution in [0.1, 0.15) is 33.6 Å². The Labute approximate surface area is 103 Å². The molecule has 1 unspecified atom stereocenters. The number of hydrogen-bond acceptors (Lipinski definition) is 3. The van der Waals surface area contributed by atoms with E-state index in [0.717, 1.165) is 6.42 Å². The fourth-order valence-corrected chi connectivity index (χ4v) is 1.50. The zero-order chi connectivity index (χ0) is 9.78. The smallest absolute Gasteiger partial charge is 0.735 e. The molecular formula is C7H16NNaO3S. The van der Waals surface area contributed by atoms with Gasteiger partial charge >= 0.3 is 29.6 Å². The van der Waals surface area contributed by atoms with Crippen molar-refractivity contribution in [2.45, 2.75) is 39.7 Å². The van der Waals surface area contributed by atoms with Crippen molar-refractivity contribution in [2.24, 2.45) is 5.92 Å². The van der Waals surface area contributed by atoms with Crippen molar-refractivity contribution in [3.05, 3.63) is 0 Å². The van der Waals surface area contributed by atoms with E-state index >= 15 is 0 Å². The SMILES string of the molecule is CC(C)CCC(C)NS(=O)(=O)[O-].[Na+]. The largest absolute Gasteiger partial charge is 1.00 e. The molecule has 0 aromatic heterocycles. The van der Waals surface area contributed by atoms with E-state index in [1.807, 2.05) is 4.72 Å². The van der Waals surface area contributed by atoms with Gasteiger partial charge in [-0.05, 0) is 25.7 Å². The van der Waals surface area contributed by atoms with Crippen LogP contribution in [0.5, 0.6) is 0 Å². The maximum atomic E-state index is 10.2. The molecule has 0 bridgehead atoms. The van der Waals surface area contributed by atoms with E-state index < -0.39 is 10.3 Å². The number of nitrogens with one attached hydrogen (secondary N) is 1. The van der Waals surface area contributed by atoms with Crippen LogP contribution in [-0.2, 0) is 10.3 Å². The van der Waals surface area contributed by atoms with Crippen LogP contribution in [0.4, 0.5) is 0 Å². The van der Waals surface area contributed by atoms with Gasteiger partial charge in [0.1, 0.15) is 0 Å². The average molecular weight is 217 g/mol. The fourth-order valence-electron chi connectivity index (χ4n) is 0.889. The van der Waals surface area contributed by atoms with E-state index in [2.05, 4.69) is 13.8 Å². The van der Waals surface area contributed by atoms with Crippen LogP contribution < -0.4 is 34.3 Å². The minimum absolute atomic E-state index is 0. The number of rotatable bonds is 5. The van der Waals surface area contributed by atoms with Gasteiger partial charge in [0.05, 0.1) is 0 Å². The molecule has 0 aromatic carbocycles. The van der Waals surface area contributed by atoms with Gasteiger partial charge < -0.3 is 4.55 Å². The first-order valence-electron chi connectivity index (χ1n) is 4.04. The van der Waals surface area contributed by atoms with Gasteiger partial charge in [-0.1, -0.05) is 13.8 Å². The summed E-state index contributed by atoms with van der Waals surface area (Å²) in [5.41, 5.74) is 0. The van der Waals surface area contributed by atoms with Crippen LogP contribution in [0.25, 0.3) is 0 Å². The first-order chi connectivity index (χ1) is 5.31. The van der Waals surface area contributed by atoms with Gasteiger partial charge in [0.25, 0.3) is 0 Å². The molecule has 0 aliphatic heterocycles. The minimum atomic E-state index is -4.27. The van der Waals surface area contributed by atoms with Crippen molar-refractivity contribution in [3.8, 4) is 0 Å². The third-order valence-electron chi connectivity index (χ3n) is 1.52. The molecule has 0 heterocycles. The Hall–Kier alpha value is 0.870. The fraction of sp³-hybridized carbons (Fsp3) is 1.00. The van der Waals surface area contributed by atoms with E-state index in [1.54, 1.807) is 6.92 Å². The third-order valence-corrected chi connectivity index (χ3v) is 2.21. The van der Waals surface area contributed by atoms with Gasteiger partial charge in [-0.2, -0.15) is 0 Å². The Morgan fingerprint density at radius 2 is 1.69 bits per heavy atom. The summed E-state index contributed by atoms with van der Waals surface area (Å²) in [4.78, 5) is 0. The molecular weight excluding hydrogens is 201 g/mol. The molecule has 0 saturated heterocycles. The van der Waals surface area contributed by atoms with E-state index in [-0.39, 0.29) is 35.6 Å². The molecule has 0 amide bonds. The Bertz CT molecular complexity index is 216. The molecule has 0 aliphatic rings. The summed E-state index contributed by atoms with van der Waals surface area (Å²) in [6.45, 7) is 5.80. The van der Waals surface area contributed by atoms with Crippen LogP contribution in [0.2, 0.25) is 0 Å². The molecule has 1 atom stereocenters. The van der Waals surface area contributed by atoms with E-state index in [1.165, 1.54) is 0 Å². The molecule has 0 spiro atoms. The first-order valence-corrected chi connectivity index (χ1v) is 5.45. The molecule has 0 radical (unpaired) electrons. The van der Waals surface area contributed by atoms with Gasteiger partial charge in [0, 0.05) is 6.04 Å². The topological polar surface area (TPSA) is 69.2 Å². The van der Waals surface area contributed by atoms with Crippen molar-refractivity contribution >= 4 is 10.3 Å². The second-order valence-corrected chi connectivity index (χ2v) is 4.59. The Kier molecular flexibility index (Phi) is 9.03. The predicted octanol–water partition coefficient (Wildman–Crippen LogP) is -2.14. The Morgan fingerprint density at radius 3 is 2.00 bits per heavy atom. The summed E-state index contributed by atoms with van der Waals surface area (Å²) in [7, 11) is -4.27. The van der Waals surface area contributed by atoms with Gasteiger partial charge in [0.2, 0.25) is 0 Å². The monoisotopic (exact) mass is 217 g/mol. The van der Waals surface area contributed by atoms with Crippen LogP contribution in [0, 0.1) is 5.92 Å². The van der Waals surface area contributed by atoms with Crippen molar-refractivity contribution in [2.75, 3.05) is 0 Å². The first kappa shape index (κ1) is 16.3. The predicted molar refractivity (Wildman–Crippen MR) is 46.4 cm³/mol. The average Bonchev–Trinajstić information content (AvgIpc) is 1.79. The zero-order valence-electron chi connectivity index (χ0n) is 8.70. The summed E-state index contributed by atoms with van der Waals surface area (Å²) in [5.74, 6) is 0.531. The second kappa shape index (κ2) is 7.20. The molecule has 4 nitrogen and oxygen atoms in total. The molecule has 0 aromatic rings. The molecule has 6 heteroatoms. The van der Waals surface area contributed by atoms with Gasteiger partial charge in [-0.3, -0.25) is 0 Å². The van der Waals surface area contributed by atoms with Gasteiger partial charge in [-0.15, -0.1) is 0 Å². The normalized spacial score (nSPS) is 13.9. The quantitative estimate of drug-likeness (QED) is 0.422. The summed E-state index contributed by atoms with van der Waals surface area (Å²) < 4.78 is 32.7. The van der Waals surface area contributed by atoms with Crippen molar-refractivity contribution in [1.82, 2.24) is 4.72 Å². The Balaban J connectivity index is 0. The summed E-state index contributed by atoms with van der Waals surface area (Å²) >= 11 is 0. The molecule has 13 heavy (non-hydrogen) atoms. The molecule has 0 saturated carbocycles. The molecule has 0 aliphatic carbocycles. The third kappa shape index (κ3) is 12.9. The number of hydrogen-bond donors (Lipinski definition) is 1. The summed E-state index contributed by atoms with van der Waals surface area (Å²) in [5, 5.41) is 0.